The summed E-state index contributed by atoms with van der Waals surface area (Å²) in [6.45, 7) is 13.2. The van der Waals surface area contributed by atoms with Gasteiger partial charge in [-0.15, -0.1) is 0 Å². The fraction of sp³-hybridized carbons (Fsp3) is 0.643. The summed E-state index contributed by atoms with van der Waals surface area (Å²) in [6.07, 6.45) is -2.72. The van der Waals surface area contributed by atoms with E-state index in [4.69, 9.17) is 38.9 Å². The molecule has 0 aliphatic carbocycles. The Bertz CT molecular complexity index is 964. The van der Waals surface area contributed by atoms with Crippen LogP contribution in [0, 0.1) is 17.8 Å². The minimum atomic E-state index is -1.09. The molecule has 1 unspecified atom stereocenters. The molecule has 0 aromatic heterocycles. The van der Waals surface area contributed by atoms with Crippen LogP contribution in [0.1, 0.15) is 60.5 Å². The Labute approximate surface area is 235 Å². The van der Waals surface area contributed by atoms with Crippen molar-refractivity contribution in [3.8, 4) is 11.5 Å². The van der Waals surface area contributed by atoms with E-state index in [2.05, 4.69) is 0 Å². The lowest BCUT2D eigenvalue weighted by Gasteiger charge is -2.18. The highest BCUT2D eigenvalue weighted by atomic mass is 16.7. The molecule has 0 aliphatic heterocycles. The maximum atomic E-state index is 12.5. The van der Waals surface area contributed by atoms with Crippen molar-refractivity contribution in [1.82, 2.24) is 0 Å². The van der Waals surface area contributed by atoms with Crippen molar-refractivity contribution in [2.24, 2.45) is 23.5 Å². The third-order valence-electron chi connectivity index (χ3n) is 5.16. The van der Waals surface area contributed by atoms with Crippen molar-refractivity contribution in [2.75, 3.05) is 26.4 Å². The lowest BCUT2D eigenvalue weighted by atomic mass is 10.1. The normalized spacial score (nSPS) is 13.2. The Morgan fingerprint density at radius 3 is 1.80 bits per heavy atom. The number of ether oxygens (including phenoxy) is 7. The van der Waals surface area contributed by atoms with Crippen LogP contribution in [-0.2, 0) is 34.9 Å². The van der Waals surface area contributed by atoms with E-state index in [-0.39, 0.29) is 62.1 Å². The monoisotopic (exact) mass is 569 g/mol. The molecule has 0 fully saturated rings. The van der Waals surface area contributed by atoms with Gasteiger partial charge in [0.25, 0.3) is 0 Å². The van der Waals surface area contributed by atoms with Gasteiger partial charge in [0.2, 0.25) is 0 Å². The van der Waals surface area contributed by atoms with E-state index in [9.17, 15) is 19.2 Å². The summed E-state index contributed by atoms with van der Waals surface area (Å²) in [7, 11) is 0. The van der Waals surface area contributed by atoms with E-state index < -0.39 is 36.6 Å². The first kappa shape index (κ1) is 34.5. The van der Waals surface area contributed by atoms with Crippen molar-refractivity contribution >= 4 is 24.4 Å². The summed E-state index contributed by atoms with van der Waals surface area (Å²) in [5.74, 6) is -0.562. The Morgan fingerprint density at radius 1 is 0.725 bits per heavy atom. The summed E-state index contributed by atoms with van der Waals surface area (Å²) in [6, 6.07) is 3.23. The van der Waals surface area contributed by atoms with Crippen LogP contribution in [0.3, 0.4) is 0 Å². The molecule has 12 heteroatoms. The molecule has 1 aromatic rings. The van der Waals surface area contributed by atoms with Gasteiger partial charge in [0.15, 0.2) is 11.5 Å². The van der Waals surface area contributed by atoms with E-state index in [1.807, 2.05) is 41.5 Å². The third kappa shape index (κ3) is 14.6. The number of carbonyl (C=O) groups excluding carboxylic acids is 4. The Balaban J connectivity index is 2.80. The molecule has 0 heterocycles. The van der Waals surface area contributed by atoms with Crippen molar-refractivity contribution in [2.45, 2.75) is 73.5 Å². The van der Waals surface area contributed by atoms with E-state index in [0.717, 1.165) is 6.42 Å². The van der Waals surface area contributed by atoms with Crippen LogP contribution in [0.4, 0.5) is 14.4 Å². The van der Waals surface area contributed by atoms with E-state index in [0.29, 0.717) is 5.56 Å². The van der Waals surface area contributed by atoms with Gasteiger partial charge in [-0.05, 0) is 48.8 Å². The predicted octanol–water partition coefficient (Wildman–Crippen LogP) is 5.03. The fourth-order valence-electron chi connectivity index (χ4n) is 2.76. The molecule has 0 bridgehead atoms. The van der Waals surface area contributed by atoms with Crippen LogP contribution in [0.2, 0.25) is 0 Å². The summed E-state index contributed by atoms with van der Waals surface area (Å²) in [4.78, 5) is 48.4. The van der Waals surface area contributed by atoms with Crippen LogP contribution >= 0.6 is 0 Å². The maximum absolute atomic E-state index is 12.5. The number of hydrogen-bond donors (Lipinski definition) is 1. The van der Waals surface area contributed by atoms with Crippen LogP contribution in [0.5, 0.6) is 11.5 Å². The smallest absolute Gasteiger partial charge is 0.458 e. The lowest BCUT2D eigenvalue weighted by molar-refractivity contribution is -0.152. The molecule has 0 saturated heterocycles. The first-order valence-electron chi connectivity index (χ1n) is 13.4. The average Bonchev–Trinajstić information content (AvgIpc) is 2.89. The highest BCUT2D eigenvalue weighted by Gasteiger charge is 2.22. The van der Waals surface area contributed by atoms with E-state index >= 15 is 0 Å². The van der Waals surface area contributed by atoms with E-state index in [1.165, 1.54) is 12.1 Å². The largest absolute Gasteiger partial charge is 0.513 e. The standard InChI is InChI=1S/C28H43NO11/c1-8-19(6)15-36-26(31)37-16-20(7)38-25(30)22(29)11-21-9-10-23(39-27(32)34-13-17(2)3)24(12-21)40-28(33)35-14-18(4)5/h9-10,12,17-20,22H,8,11,13-16,29H2,1-7H3/t19?,20-,22-/m0/s1. The molecule has 3 atom stereocenters. The number of nitrogens with two attached hydrogens (primary N) is 1. The molecule has 0 saturated carbocycles. The lowest BCUT2D eigenvalue weighted by Crippen LogP contribution is -2.37. The van der Waals surface area contributed by atoms with Gasteiger partial charge in [0, 0.05) is 0 Å². The molecular weight excluding hydrogens is 526 g/mol. The second kappa shape index (κ2) is 17.9. The first-order valence-corrected chi connectivity index (χ1v) is 13.4. The quantitative estimate of drug-likeness (QED) is 0.171. The van der Waals surface area contributed by atoms with Crippen molar-refractivity contribution in [3.05, 3.63) is 23.8 Å². The maximum Gasteiger partial charge on any atom is 0.513 e. The van der Waals surface area contributed by atoms with Crippen LogP contribution in [0.15, 0.2) is 18.2 Å². The Hall–Kier alpha value is -3.54. The summed E-state index contributed by atoms with van der Waals surface area (Å²) in [5.41, 5.74) is 6.51. The molecule has 226 valence electrons. The fourth-order valence-corrected chi connectivity index (χ4v) is 2.76. The number of benzene rings is 1. The molecule has 0 spiro atoms. The molecule has 12 nitrogen and oxygen atoms in total. The van der Waals surface area contributed by atoms with Crippen molar-refractivity contribution < 1.29 is 52.3 Å². The molecule has 1 rings (SSSR count). The van der Waals surface area contributed by atoms with Gasteiger partial charge in [-0.25, -0.2) is 14.4 Å². The molecule has 2 N–H and O–H groups in total. The van der Waals surface area contributed by atoms with Crippen molar-refractivity contribution in [3.63, 3.8) is 0 Å². The van der Waals surface area contributed by atoms with Crippen LogP contribution in [0.25, 0.3) is 0 Å². The van der Waals surface area contributed by atoms with Gasteiger partial charge < -0.3 is 38.9 Å². The summed E-state index contributed by atoms with van der Waals surface area (Å²) in [5, 5.41) is 0. The van der Waals surface area contributed by atoms with Crippen molar-refractivity contribution in [1.29, 1.82) is 0 Å². The van der Waals surface area contributed by atoms with Crippen LogP contribution < -0.4 is 15.2 Å². The zero-order valence-electron chi connectivity index (χ0n) is 24.4. The van der Waals surface area contributed by atoms with Gasteiger partial charge >= 0.3 is 24.4 Å². The number of hydrogen-bond acceptors (Lipinski definition) is 12. The van der Waals surface area contributed by atoms with Gasteiger partial charge in [0.05, 0.1) is 19.8 Å². The Morgan fingerprint density at radius 2 is 1.25 bits per heavy atom. The van der Waals surface area contributed by atoms with Gasteiger partial charge in [-0.3, -0.25) is 4.79 Å². The molecule has 0 amide bonds. The minimum absolute atomic E-state index is 0.00115. The predicted molar refractivity (Wildman–Crippen MR) is 144 cm³/mol. The third-order valence-corrected chi connectivity index (χ3v) is 5.16. The average molecular weight is 570 g/mol. The highest BCUT2D eigenvalue weighted by molar-refractivity contribution is 5.76. The van der Waals surface area contributed by atoms with Crippen LogP contribution in [-0.4, -0.2) is 63.0 Å². The summed E-state index contributed by atoms with van der Waals surface area (Å²) >= 11 is 0. The Kier molecular flexibility index (Phi) is 15.5. The van der Waals surface area contributed by atoms with E-state index in [1.54, 1.807) is 13.0 Å². The zero-order valence-corrected chi connectivity index (χ0v) is 24.4. The van der Waals surface area contributed by atoms with Gasteiger partial charge in [0.1, 0.15) is 18.8 Å². The molecule has 0 aliphatic rings. The number of carbonyl (C=O) groups is 4. The topological polar surface area (TPSA) is 159 Å². The SMILES string of the molecule is CCC(C)COC(=O)OC[C@H](C)OC(=O)[C@@H](N)Cc1ccc(OC(=O)OCC(C)C)c(OC(=O)OCC(C)C)c1. The number of esters is 1. The highest BCUT2D eigenvalue weighted by Crippen LogP contribution is 2.30. The summed E-state index contributed by atoms with van der Waals surface area (Å²) < 4.78 is 35.7. The first-order chi connectivity index (χ1) is 18.8. The molecule has 0 radical (unpaired) electrons. The number of rotatable bonds is 15. The molecular formula is C28H43NO11. The molecule has 1 aromatic carbocycles. The molecule has 40 heavy (non-hydrogen) atoms. The second-order valence-corrected chi connectivity index (χ2v) is 10.3. The minimum Gasteiger partial charge on any atom is -0.458 e. The van der Waals surface area contributed by atoms with Gasteiger partial charge in [-0.1, -0.05) is 54.0 Å². The zero-order chi connectivity index (χ0) is 30.2. The second-order valence-electron chi connectivity index (χ2n) is 10.3. The van der Waals surface area contributed by atoms with Gasteiger partial charge in [-0.2, -0.15) is 0 Å².